The molecule has 0 atom stereocenters. The first-order chi connectivity index (χ1) is 14.0. The molecule has 0 aliphatic heterocycles. The molecule has 0 saturated carbocycles. The molecule has 0 aliphatic rings. The summed E-state index contributed by atoms with van der Waals surface area (Å²) in [5.74, 6) is 1.50. The normalized spacial score (nSPS) is 11.4. The largest absolute Gasteiger partial charge is 0.454 e. The molecule has 0 aliphatic carbocycles. The average Bonchev–Trinajstić information content (AvgIpc) is 2.72. The van der Waals surface area contributed by atoms with Gasteiger partial charge in [0.25, 0.3) is 0 Å². The lowest BCUT2D eigenvalue weighted by atomic mass is 9.86. The summed E-state index contributed by atoms with van der Waals surface area (Å²) >= 11 is 1.84. The molecule has 0 spiro atoms. The molecule has 0 fully saturated rings. The maximum absolute atomic E-state index is 14.1. The highest BCUT2D eigenvalue weighted by atomic mass is 32.2. The van der Waals surface area contributed by atoms with Crippen LogP contribution in [0.5, 0.6) is 11.5 Å². The van der Waals surface area contributed by atoms with Crippen molar-refractivity contribution < 1.29 is 13.9 Å². The van der Waals surface area contributed by atoms with Crippen molar-refractivity contribution in [3.05, 3.63) is 89.7 Å². The molecule has 4 heteroatoms. The van der Waals surface area contributed by atoms with Crippen molar-refractivity contribution in [1.82, 2.24) is 0 Å². The summed E-state index contributed by atoms with van der Waals surface area (Å²) in [4.78, 5) is 1.28. The number of halogens is 1. The lowest BCUT2D eigenvalue weighted by molar-refractivity contribution is 0.0823. The summed E-state index contributed by atoms with van der Waals surface area (Å²) in [5, 5.41) is 0. The quantitative estimate of drug-likeness (QED) is 0.347. The zero-order chi connectivity index (χ0) is 20.7. The Balaban J connectivity index is 1.60. The first-order valence-electron chi connectivity index (χ1n) is 9.80. The van der Waals surface area contributed by atoms with Crippen molar-refractivity contribution in [3.63, 3.8) is 0 Å². The zero-order valence-electron chi connectivity index (χ0n) is 17.2. The maximum Gasteiger partial charge on any atom is 0.165 e. The van der Waals surface area contributed by atoms with Gasteiger partial charge >= 0.3 is 0 Å². The number of hydrogen-bond acceptors (Lipinski definition) is 3. The number of thioether (sulfide) groups is 1. The summed E-state index contributed by atoms with van der Waals surface area (Å²) in [6.45, 7) is 7.47. The Morgan fingerprint density at radius 2 is 1.66 bits per heavy atom. The number of hydrogen-bond donors (Lipinski definition) is 0. The van der Waals surface area contributed by atoms with Crippen molar-refractivity contribution in [2.45, 2.75) is 37.7 Å². The number of ether oxygens (including phenoxy) is 2. The molecule has 0 heterocycles. The van der Waals surface area contributed by atoms with E-state index in [4.69, 9.17) is 9.47 Å². The molecule has 0 unspecified atom stereocenters. The minimum atomic E-state index is -0.386. The van der Waals surface area contributed by atoms with Crippen LogP contribution in [0, 0.1) is 5.82 Å². The fourth-order valence-electron chi connectivity index (χ4n) is 3.01. The van der Waals surface area contributed by atoms with Crippen molar-refractivity contribution in [2.24, 2.45) is 0 Å². The van der Waals surface area contributed by atoms with E-state index in [0.29, 0.717) is 19.0 Å². The van der Waals surface area contributed by atoms with Gasteiger partial charge < -0.3 is 9.47 Å². The monoisotopic (exact) mass is 410 g/mol. The minimum absolute atomic E-state index is 0.112. The Hall–Kier alpha value is -2.30. The van der Waals surface area contributed by atoms with E-state index in [0.717, 1.165) is 11.3 Å². The van der Waals surface area contributed by atoms with E-state index in [-0.39, 0.29) is 17.0 Å². The molecule has 3 aromatic carbocycles. The van der Waals surface area contributed by atoms with Crippen LogP contribution in [-0.2, 0) is 16.8 Å². The predicted molar refractivity (Wildman–Crippen MR) is 118 cm³/mol. The Kier molecular flexibility index (Phi) is 7.34. The second-order valence-electron chi connectivity index (χ2n) is 7.51. The smallest absolute Gasteiger partial charge is 0.165 e. The lowest BCUT2D eigenvalue weighted by Crippen LogP contribution is -2.24. The molecule has 2 nitrogen and oxygen atoms in total. The van der Waals surface area contributed by atoms with Crippen LogP contribution in [0.15, 0.2) is 77.7 Å². The molecule has 29 heavy (non-hydrogen) atoms. The Bertz CT molecular complexity index is 908. The first kappa shape index (κ1) is 21.4. The van der Waals surface area contributed by atoms with Gasteiger partial charge in [-0.25, -0.2) is 4.39 Å². The highest BCUT2D eigenvalue weighted by molar-refractivity contribution is 7.99. The van der Waals surface area contributed by atoms with Gasteiger partial charge in [0.2, 0.25) is 0 Å². The van der Waals surface area contributed by atoms with Gasteiger partial charge in [-0.3, -0.25) is 0 Å². The summed E-state index contributed by atoms with van der Waals surface area (Å²) in [5.41, 5.74) is 2.01. The van der Waals surface area contributed by atoms with Crippen LogP contribution in [0.25, 0.3) is 0 Å². The molecule has 152 valence electrons. The van der Waals surface area contributed by atoms with E-state index in [1.165, 1.54) is 16.5 Å². The molecule has 0 bridgehead atoms. The van der Waals surface area contributed by atoms with Gasteiger partial charge in [-0.05, 0) is 53.3 Å². The highest BCUT2D eigenvalue weighted by Gasteiger charge is 2.21. The molecule has 3 rings (SSSR count). The number of para-hydroxylation sites is 1. The molecule has 0 amide bonds. The summed E-state index contributed by atoms with van der Waals surface area (Å²) < 4.78 is 25.8. The van der Waals surface area contributed by atoms with Gasteiger partial charge in [-0.15, -0.1) is 11.8 Å². The second kappa shape index (κ2) is 9.95. The van der Waals surface area contributed by atoms with Crippen LogP contribution in [0.1, 0.15) is 31.9 Å². The van der Waals surface area contributed by atoms with Crippen LogP contribution in [0.2, 0.25) is 0 Å². The van der Waals surface area contributed by atoms with Gasteiger partial charge in [0.05, 0.1) is 13.2 Å². The summed E-state index contributed by atoms with van der Waals surface area (Å²) in [6, 6.07) is 22.7. The van der Waals surface area contributed by atoms with E-state index in [1.807, 2.05) is 30.0 Å². The number of rotatable bonds is 9. The topological polar surface area (TPSA) is 18.5 Å². The summed E-state index contributed by atoms with van der Waals surface area (Å²) in [7, 11) is 0. The van der Waals surface area contributed by atoms with Gasteiger partial charge in [-0.2, -0.15) is 0 Å². The molecule has 0 saturated heterocycles. The fourth-order valence-corrected chi connectivity index (χ4v) is 3.67. The molecular formula is C25H27FO2S. The minimum Gasteiger partial charge on any atom is -0.454 e. The molecule has 3 aromatic rings. The molecule has 0 aromatic heterocycles. The van der Waals surface area contributed by atoms with E-state index < -0.39 is 0 Å². The molecule has 0 N–H and O–H groups in total. The third kappa shape index (κ3) is 6.09. The second-order valence-corrected chi connectivity index (χ2v) is 8.85. The standard InChI is InChI=1S/C25H27FO2S/c1-4-29-22-13-11-20(12-14-22)25(2,3)18-27-17-19-10-15-23(26)24(16-19)28-21-8-6-5-7-9-21/h5-16H,4,17-18H2,1-3H3. The van der Waals surface area contributed by atoms with Crippen LogP contribution in [-0.4, -0.2) is 12.4 Å². The lowest BCUT2D eigenvalue weighted by Gasteiger charge is -2.25. The molecular weight excluding hydrogens is 383 g/mol. The third-order valence-electron chi connectivity index (χ3n) is 4.65. The van der Waals surface area contributed by atoms with Crippen molar-refractivity contribution in [1.29, 1.82) is 0 Å². The average molecular weight is 411 g/mol. The molecule has 0 radical (unpaired) electrons. The van der Waals surface area contributed by atoms with Gasteiger partial charge in [0.15, 0.2) is 11.6 Å². The zero-order valence-corrected chi connectivity index (χ0v) is 18.0. The van der Waals surface area contributed by atoms with Crippen LogP contribution < -0.4 is 4.74 Å². The van der Waals surface area contributed by atoms with Crippen molar-refractivity contribution in [2.75, 3.05) is 12.4 Å². The van der Waals surface area contributed by atoms with E-state index in [9.17, 15) is 4.39 Å². The first-order valence-corrected chi connectivity index (χ1v) is 10.8. The third-order valence-corrected chi connectivity index (χ3v) is 5.54. The Morgan fingerprint density at radius 1 is 0.931 bits per heavy atom. The van der Waals surface area contributed by atoms with Crippen LogP contribution >= 0.6 is 11.8 Å². The predicted octanol–water partition coefficient (Wildman–Crippen LogP) is 7.22. The van der Waals surface area contributed by atoms with E-state index in [1.54, 1.807) is 24.3 Å². The Labute approximate surface area is 177 Å². The SMILES string of the molecule is CCSc1ccc(C(C)(C)COCc2ccc(F)c(Oc3ccccc3)c2)cc1. The number of benzene rings is 3. The fraction of sp³-hybridized carbons (Fsp3) is 0.280. The van der Waals surface area contributed by atoms with Crippen molar-refractivity contribution >= 4 is 11.8 Å². The van der Waals surface area contributed by atoms with E-state index in [2.05, 4.69) is 45.0 Å². The maximum atomic E-state index is 14.1. The van der Waals surface area contributed by atoms with Crippen molar-refractivity contribution in [3.8, 4) is 11.5 Å². The Morgan fingerprint density at radius 3 is 2.34 bits per heavy atom. The van der Waals surface area contributed by atoms with Gasteiger partial charge in [0, 0.05) is 10.3 Å². The highest BCUT2D eigenvalue weighted by Crippen LogP contribution is 2.28. The summed E-state index contributed by atoms with van der Waals surface area (Å²) in [6.07, 6.45) is 0. The van der Waals surface area contributed by atoms with Crippen LogP contribution in [0.4, 0.5) is 4.39 Å². The van der Waals surface area contributed by atoms with E-state index >= 15 is 0 Å². The van der Waals surface area contributed by atoms with Gasteiger partial charge in [-0.1, -0.05) is 57.2 Å². The van der Waals surface area contributed by atoms with Crippen LogP contribution in [0.3, 0.4) is 0 Å². The van der Waals surface area contributed by atoms with Gasteiger partial charge in [0.1, 0.15) is 5.75 Å².